The zero-order chi connectivity index (χ0) is 19.9. The Labute approximate surface area is 166 Å². The number of ether oxygens (including phenoxy) is 1. The molecule has 28 heavy (non-hydrogen) atoms. The van der Waals surface area contributed by atoms with Gasteiger partial charge in [0.05, 0.1) is 17.6 Å². The van der Waals surface area contributed by atoms with E-state index in [1.165, 1.54) is 5.56 Å². The number of nitrogens with one attached hydrogen (secondary N) is 1. The second-order valence-electron chi connectivity index (χ2n) is 7.09. The van der Waals surface area contributed by atoms with Crippen LogP contribution in [0.1, 0.15) is 36.7 Å². The Morgan fingerprint density at radius 2 is 2.00 bits per heavy atom. The molecule has 1 amide bonds. The van der Waals surface area contributed by atoms with Gasteiger partial charge in [0.15, 0.2) is 0 Å². The predicted octanol–water partition coefficient (Wildman–Crippen LogP) is 4.19. The normalized spacial score (nSPS) is 11.0. The lowest BCUT2D eigenvalue weighted by atomic mass is 10.1. The fourth-order valence-corrected chi connectivity index (χ4v) is 3.27. The van der Waals surface area contributed by atoms with Crippen LogP contribution in [0.25, 0.3) is 11.0 Å². The molecule has 1 heterocycles. The van der Waals surface area contributed by atoms with Crippen LogP contribution >= 0.6 is 0 Å². The maximum Gasteiger partial charge on any atom is 0.219 e. The van der Waals surface area contributed by atoms with Crippen molar-refractivity contribution in [2.45, 2.75) is 46.6 Å². The molecule has 0 radical (unpaired) electrons. The Hall–Kier alpha value is -2.82. The summed E-state index contributed by atoms with van der Waals surface area (Å²) in [6, 6.07) is 14.5. The van der Waals surface area contributed by atoms with Crippen molar-refractivity contribution < 1.29 is 9.53 Å². The van der Waals surface area contributed by atoms with Gasteiger partial charge < -0.3 is 14.6 Å². The number of nitrogens with zero attached hydrogens (tertiary/aromatic N) is 2. The summed E-state index contributed by atoms with van der Waals surface area (Å²) in [5.41, 5.74) is 4.47. The first-order valence-electron chi connectivity index (χ1n) is 9.99. The molecule has 0 spiro atoms. The molecular weight excluding hydrogens is 350 g/mol. The van der Waals surface area contributed by atoms with E-state index < -0.39 is 0 Å². The van der Waals surface area contributed by atoms with E-state index in [-0.39, 0.29) is 5.91 Å². The third kappa shape index (κ3) is 4.91. The fourth-order valence-electron chi connectivity index (χ4n) is 3.27. The van der Waals surface area contributed by atoms with Crippen molar-refractivity contribution in [2.75, 3.05) is 13.2 Å². The van der Waals surface area contributed by atoms with Crippen LogP contribution in [-0.4, -0.2) is 28.6 Å². The molecule has 5 heteroatoms. The number of rotatable bonds is 9. The molecule has 0 fully saturated rings. The van der Waals surface area contributed by atoms with Gasteiger partial charge in [-0.1, -0.05) is 31.2 Å². The Morgan fingerprint density at radius 3 is 2.82 bits per heavy atom. The molecule has 0 bridgehead atoms. The van der Waals surface area contributed by atoms with Gasteiger partial charge in [-0.25, -0.2) is 4.98 Å². The van der Waals surface area contributed by atoms with E-state index >= 15 is 0 Å². The molecule has 5 nitrogen and oxygen atoms in total. The lowest BCUT2D eigenvalue weighted by Gasteiger charge is -2.13. The van der Waals surface area contributed by atoms with Crippen molar-refractivity contribution >= 4 is 16.9 Å². The van der Waals surface area contributed by atoms with Gasteiger partial charge >= 0.3 is 0 Å². The van der Waals surface area contributed by atoms with E-state index in [1.54, 1.807) is 0 Å². The Kier molecular flexibility index (Phi) is 6.69. The van der Waals surface area contributed by atoms with Gasteiger partial charge in [0.1, 0.15) is 18.2 Å². The average Bonchev–Trinajstić information content (AvgIpc) is 3.05. The largest absolute Gasteiger partial charge is 0.491 e. The van der Waals surface area contributed by atoms with Gasteiger partial charge in [-0.15, -0.1) is 0 Å². The van der Waals surface area contributed by atoms with Gasteiger partial charge in [0.25, 0.3) is 0 Å². The first-order valence-corrected chi connectivity index (χ1v) is 9.99. The monoisotopic (exact) mass is 379 g/mol. The molecule has 3 aromatic rings. The van der Waals surface area contributed by atoms with E-state index in [0.29, 0.717) is 19.6 Å². The minimum Gasteiger partial charge on any atom is -0.491 e. The molecule has 0 aliphatic rings. The van der Waals surface area contributed by atoms with E-state index in [0.717, 1.165) is 47.6 Å². The average molecular weight is 380 g/mol. The maximum absolute atomic E-state index is 11.4. The summed E-state index contributed by atoms with van der Waals surface area (Å²) in [7, 11) is 0. The standard InChI is InChI=1S/C23H29N3O2/c1-4-23(27)24-13-7-10-22-25-19-8-5-6-9-20(19)26(22)14-15-28-21-16-17(2)11-12-18(21)3/h5-6,8-9,11-12,16H,4,7,10,13-15H2,1-3H3,(H,24,27). The second kappa shape index (κ2) is 9.40. The number of hydrogen-bond donors (Lipinski definition) is 1. The summed E-state index contributed by atoms with van der Waals surface area (Å²) in [5, 5.41) is 2.93. The van der Waals surface area contributed by atoms with Crippen LogP contribution in [-0.2, 0) is 17.8 Å². The molecule has 0 unspecified atom stereocenters. The summed E-state index contributed by atoms with van der Waals surface area (Å²) in [4.78, 5) is 16.2. The molecule has 1 N–H and O–H groups in total. The molecule has 0 aliphatic heterocycles. The quantitative estimate of drug-likeness (QED) is 0.567. The fraction of sp³-hybridized carbons (Fsp3) is 0.391. The molecule has 0 aliphatic carbocycles. The predicted molar refractivity (Wildman–Crippen MR) is 113 cm³/mol. The Bertz CT molecular complexity index is 946. The summed E-state index contributed by atoms with van der Waals surface area (Å²) < 4.78 is 8.30. The molecule has 3 rings (SSSR count). The van der Waals surface area contributed by atoms with Crippen LogP contribution in [0.5, 0.6) is 5.75 Å². The van der Waals surface area contributed by atoms with E-state index in [1.807, 2.05) is 25.1 Å². The molecular formula is C23H29N3O2. The molecule has 0 saturated heterocycles. The Morgan fingerprint density at radius 1 is 1.18 bits per heavy atom. The topological polar surface area (TPSA) is 56.2 Å². The first kappa shape index (κ1) is 19.9. The van der Waals surface area contributed by atoms with E-state index in [2.05, 4.69) is 48.0 Å². The molecule has 0 saturated carbocycles. The number of amides is 1. The van der Waals surface area contributed by atoms with Crippen LogP contribution in [0.15, 0.2) is 42.5 Å². The summed E-state index contributed by atoms with van der Waals surface area (Å²) in [5.74, 6) is 2.07. The van der Waals surface area contributed by atoms with Crippen molar-refractivity contribution in [3.05, 3.63) is 59.4 Å². The van der Waals surface area contributed by atoms with Gasteiger partial charge in [-0.3, -0.25) is 4.79 Å². The van der Waals surface area contributed by atoms with Crippen molar-refractivity contribution in [1.29, 1.82) is 0 Å². The van der Waals surface area contributed by atoms with Gasteiger partial charge in [-0.2, -0.15) is 0 Å². The zero-order valence-electron chi connectivity index (χ0n) is 17.0. The van der Waals surface area contributed by atoms with Crippen molar-refractivity contribution in [3.63, 3.8) is 0 Å². The first-order chi connectivity index (χ1) is 13.6. The third-order valence-electron chi connectivity index (χ3n) is 4.87. The molecule has 0 atom stereocenters. The highest BCUT2D eigenvalue weighted by molar-refractivity contribution is 5.76. The minimum absolute atomic E-state index is 0.0930. The van der Waals surface area contributed by atoms with Gasteiger partial charge in [-0.05, 0) is 49.6 Å². The third-order valence-corrected chi connectivity index (χ3v) is 4.87. The summed E-state index contributed by atoms with van der Waals surface area (Å²) in [6.07, 6.45) is 2.21. The number of benzene rings is 2. The van der Waals surface area contributed by atoms with Crippen molar-refractivity contribution in [3.8, 4) is 5.75 Å². The number of aromatic nitrogens is 2. The molecule has 148 valence electrons. The maximum atomic E-state index is 11.4. The summed E-state index contributed by atoms with van der Waals surface area (Å²) >= 11 is 0. The number of carbonyl (C=O) groups excluding carboxylic acids is 1. The number of carbonyl (C=O) groups is 1. The number of aryl methyl sites for hydroxylation is 3. The number of imidazole rings is 1. The van der Waals surface area contributed by atoms with Crippen LogP contribution in [0, 0.1) is 13.8 Å². The number of para-hydroxylation sites is 2. The van der Waals surface area contributed by atoms with Gasteiger partial charge in [0.2, 0.25) is 5.91 Å². The van der Waals surface area contributed by atoms with Crippen molar-refractivity contribution in [2.24, 2.45) is 0 Å². The van der Waals surface area contributed by atoms with E-state index in [4.69, 9.17) is 9.72 Å². The van der Waals surface area contributed by atoms with Crippen molar-refractivity contribution in [1.82, 2.24) is 14.9 Å². The number of fused-ring (bicyclic) bond motifs is 1. The number of hydrogen-bond acceptors (Lipinski definition) is 3. The highest BCUT2D eigenvalue weighted by atomic mass is 16.5. The van der Waals surface area contributed by atoms with Crippen LogP contribution in [0.3, 0.4) is 0 Å². The SMILES string of the molecule is CCC(=O)NCCCc1nc2ccccc2n1CCOc1cc(C)ccc1C. The van der Waals surface area contributed by atoms with Crippen LogP contribution in [0.2, 0.25) is 0 Å². The lowest BCUT2D eigenvalue weighted by molar-refractivity contribution is -0.120. The van der Waals surface area contributed by atoms with Gasteiger partial charge in [0, 0.05) is 19.4 Å². The van der Waals surface area contributed by atoms with Crippen LogP contribution < -0.4 is 10.1 Å². The molecule has 2 aromatic carbocycles. The Balaban J connectivity index is 1.68. The minimum atomic E-state index is 0.0930. The zero-order valence-corrected chi connectivity index (χ0v) is 17.0. The van der Waals surface area contributed by atoms with E-state index in [9.17, 15) is 4.79 Å². The smallest absolute Gasteiger partial charge is 0.219 e. The highest BCUT2D eigenvalue weighted by Crippen LogP contribution is 2.20. The lowest BCUT2D eigenvalue weighted by Crippen LogP contribution is -2.24. The highest BCUT2D eigenvalue weighted by Gasteiger charge is 2.11. The summed E-state index contributed by atoms with van der Waals surface area (Å²) in [6.45, 7) is 8.01. The second-order valence-corrected chi connectivity index (χ2v) is 7.09. The molecule has 1 aromatic heterocycles. The van der Waals surface area contributed by atoms with Crippen LogP contribution in [0.4, 0.5) is 0 Å².